The van der Waals surface area contributed by atoms with Crippen molar-refractivity contribution in [1.29, 1.82) is 0 Å². The van der Waals surface area contributed by atoms with Crippen molar-refractivity contribution in [1.82, 2.24) is 10.2 Å². The maximum absolute atomic E-state index is 5.66. The Morgan fingerprint density at radius 1 is 1.41 bits per heavy atom. The van der Waals surface area contributed by atoms with Crippen molar-refractivity contribution < 1.29 is 4.74 Å². The third kappa shape index (κ3) is 3.94. The van der Waals surface area contributed by atoms with Gasteiger partial charge in [-0.15, -0.1) is 0 Å². The van der Waals surface area contributed by atoms with Gasteiger partial charge >= 0.3 is 0 Å². The van der Waals surface area contributed by atoms with E-state index in [1.165, 1.54) is 19.3 Å². The average molecular weight is 242 g/mol. The molecule has 3 nitrogen and oxygen atoms in total. The van der Waals surface area contributed by atoms with Crippen LogP contribution in [0.15, 0.2) is 0 Å². The highest BCUT2D eigenvalue weighted by molar-refractivity contribution is 4.96. The SMILES string of the molecule is CCCNC(C1CCCOC1)C(C)(C)N(C)C. The van der Waals surface area contributed by atoms with E-state index < -0.39 is 0 Å². The number of nitrogens with one attached hydrogen (secondary N) is 1. The zero-order valence-electron chi connectivity index (χ0n) is 12.3. The summed E-state index contributed by atoms with van der Waals surface area (Å²) < 4.78 is 5.66. The fourth-order valence-electron chi connectivity index (χ4n) is 2.60. The van der Waals surface area contributed by atoms with Gasteiger partial charge in [-0.05, 0) is 59.7 Å². The summed E-state index contributed by atoms with van der Waals surface area (Å²) in [4.78, 5) is 2.33. The van der Waals surface area contributed by atoms with Crippen molar-refractivity contribution in [3.63, 3.8) is 0 Å². The van der Waals surface area contributed by atoms with Gasteiger partial charge in [-0.2, -0.15) is 0 Å². The summed E-state index contributed by atoms with van der Waals surface area (Å²) in [6, 6.07) is 0.512. The molecule has 0 aliphatic carbocycles. The van der Waals surface area contributed by atoms with Crippen molar-refractivity contribution in [2.45, 2.75) is 51.6 Å². The van der Waals surface area contributed by atoms with Gasteiger partial charge in [0.1, 0.15) is 0 Å². The zero-order chi connectivity index (χ0) is 12.9. The lowest BCUT2D eigenvalue weighted by Crippen LogP contribution is -2.59. The van der Waals surface area contributed by atoms with Crippen molar-refractivity contribution >= 4 is 0 Å². The first-order valence-electron chi connectivity index (χ1n) is 6.98. The maximum atomic E-state index is 5.66. The largest absolute Gasteiger partial charge is 0.381 e. The quantitative estimate of drug-likeness (QED) is 0.772. The van der Waals surface area contributed by atoms with Crippen molar-refractivity contribution in [2.75, 3.05) is 33.9 Å². The van der Waals surface area contributed by atoms with Crippen LogP contribution in [0.25, 0.3) is 0 Å². The van der Waals surface area contributed by atoms with Gasteiger partial charge in [0.15, 0.2) is 0 Å². The molecule has 0 aromatic carbocycles. The van der Waals surface area contributed by atoms with E-state index in [-0.39, 0.29) is 5.54 Å². The van der Waals surface area contributed by atoms with Crippen LogP contribution in [0, 0.1) is 5.92 Å². The predicted molar refractivity (Wildman–Crippen MR) is 73.4 cm³/mol. The summed E-state index contributed by atoms with van der Waals surface area (Å²) in [7, 11) is 4.34. The topological polar surface area (TPSA) is 24.5 Å². The van der Waals surface area contributed by atoms with Crippen LogP contribution in [0.4, 0.5) is 0 Å². The summed E-state index contributed by atoms with van der Waals surface area (Å²) in [5, 5.41) is 3.74. The number of hydrogen-bond acceptors (Lipinski definition) is 3. The molecule has 0 radical (unpaired) electrons. The molecule has 0 aromatic rings. The molecule has 0 saturated carbocycles. The van der Waals surface area contributed by atoms with E-state index in [1.807, 2.05) is 0 Å². The molecule has 1 fully saturated rings. The van der Waals surface area contributed by atoms with Gasteiger partial charge in [0.05, 0.1) is 6.61 Å². The molecule has 0 aromatic heterocycles. The Labute approximate surface area is 107 Å². The van der Waals surface area contributed by atoms with Crippen LogP contribution in [0.3, 0.4) is 0 Å². The molecule has 1 aliphatic rings. The zero-order valence-corrected chi connectivity index (χ0v) is 12.3. The molecule has 102 valence electrons. The van der Waals surface area contributed by atoms with Gasteiger partial charge in [-0.25, -0.2) is 0 Å². The summed E-state index contributed by atoms with van der Waals surface area (Å²) in [5.41, 5.74) is 0.167. The third-order valence-corrected chi connectivity index (χ3v) is 4.19. The Kier molecular flexibility index (Phi) is 5.90. The first kappa shape index (κ1) is 14.9. The van der Waals surface area contributed by atoms with Crippen LogP contribution in [0.2, 0.25) is 0 Å². The van der Waals surface area contributed by atoms with Gasteiger partial charge in [-0.3, -0.25) is 0 Å². The molecule has 1 N–H and O–H groups in total. The molecule has 1 saturated heterocycles. The van der Waals surface area contributed by atoms with E-state index >= 15 is 0 Å². The molecule has 1 rings (SSSR count). The molecule has 2 atom stereocenters. The highest BCUT2D eigenvalue weighted by Gasteiger charge is 2.37. The molecular weight excluding hydrogens is 212 g/mol. The predicted octanol–water partition coefficient (Wildman–Crippen LogP) is 2.12. The number of rotatable bonds is 6. The molecule has 2 unspecified atom stereocenters. The van der Waals surface area contributed by atoms with Gasteiger partial charge in [0, 0.05) is 18.2 Å². The number of likely N-dealkylation sites (N-methyl/N-ethyl adjacent to an activating group) is 1. The Bertz CT molecular complexity index is 210. The second-order valence-corrected chi connectivity index (χ2v) is 5.96. The first-order valence-corrected chi connectivity index (χ1v) is 6.98. The van der Waals surface area contributed by atoms with E-state index in [0.717, 1.165) is 19.8 Å². The van der Waals surface area contributed by atoms with Crippen molar-refractivity contribution in [2.24, 2.45) is 5.92 Å². The van der Waals surface area contributed by atoms with Crippen molar-refractivity contribution in [3.8, 4) is 0 Å². The van der Waals surface area contributed by atoms with Crippen LogP contribution >= 0.6 is 0 Å². The molecule has 1 heterocycles. The Balaban J connectivity index is 2.70. The summed E-state index contributed by atoms with van der Waals surface area (Å²) >= 11 is 0. The molecule has 1 aliphatic heterocycles. The first-order chi connectivity index (χ1) is 8.00. The third-order valence-electron chi connectivity index (χ3n) is 4.19. The Hall–Kier alpha value is -0.120. The molecule has 3 heteroatoms. The Morgan fingerprint density at radius 2 is 2.12 bits per heavy atom. The second-order valence-electron chi connectivity index (χ2n) is 5.96. The van der Waals surface area contributed by atoms with Crippen LogP contribution in [0.1, 0.15) is 40.0 Å². The molecule has 0 spiro atoms. The van der Waals surface area contributed by atoms with Crippen LogP contribution in [-0.2, 0) is 4.74 Å². The Morgan fingerprint density at radius 3 is 2.59 bits per heavy atom. The van der Waals surface area contributed by atoms with E-state index in [9.17, 15) is 0 Å². The minimum Gasteiger partial charge on any atom is -0.381 e. The number of hydrogen-bond donors (Lipinski definition) is 1. The highest BCUT2D eigenvalue weighted by atomic mass is 16.5. The van der Waals surface area contributed by atoms with E-state index in [2.05, 4.69) is 45.1 Å². The lowest BCUT2D eigenvalue weighted by molar-refractivity contribution is 0.00468. The molecule has 0 bridgehead atoms. The minimum absolute atomic E-state index is 0.167. The van der Waals surface area contributed by atoms with Crippen LogP contribution in [-0.4, -0.2) is 50.3 Å². The molecule has 17 heavy (non-hydrogen) atoms. The average Bonchev–Trinajstić information content (AvgIpc) is 2.30. The summed E-state index contributed by atoms with van der Waals surface area (Å²) in [6.07, 6.45) is 3.69. The number of nitrogens with zero attached hydrogens (tertiary/aromatic N) is 1. The lowest BCUT2D eigenvalue weighted by Gasteiger charge is -2.45. The maximum Gasteiger partial charge on any atom is 0.0509 e. The summed E-state index contributed by atoms with van der Waals surface area (Å²) in [5.74, 6) is 0.646. The minimum atomic E-state index is 0.167. The molecule has 0 amide bonds. The van der Waals surface area contributed by atoms with Crippen molar-refractivity contribution in [3.05, 3.63) is 0 Å². The fourth-order valence-corrected chi connectivity index (χ4v) is 2.60. The van der Waals surface area contributed by atoms with Gasteiger partial charge in [0.2, 0.25) is 0 Å². The van der Waals surface area contributed by atoms with E-state index in [1.54, 1.807) is 0 Å². The van der Waals surface area contributed by atoms with E-state index in [4.69, 9.17) is 4.74 Å². The normalized spacial score (nSPS) is 24.0. The van der Waals surface area contributed by atoms with Crippen LogP contribution < -0.4 is 5.32 Å². The van der Waals surface area contributed by atoms with Gasteiger partial charge < -0.3 is 15.0 Å². The number of ether oxygens (including phenoxy) is 1. The standard InChI is InChI=1S/C14H30N2O/c1-6-9-15-13(14(2,3)16(4)5)12-8-7-10-17-11-12/h12-13,15H,6-11H2,1-5H3. The van der Waals surface area contributed by atoms with Gasteiger partial charge in [-0.1, -0.05) is 6.92 Å². The van der Waals surface area contributed by atoms with Gasteiger partial charge in [0.25, 0.3) is 0 Å². The summed E-state index contributed by atoms with van der Waals surface area (Å²) in [6.45, 7) is 9.84. The highest BCUT2D eigenvalue weighted by Crippen LogP contribution is 2.27. The van der Waals surface area contributed by atoms with E-state index in [0.29, 0.717) is 12.0 Å². The smallest absolute Gasteiger partial charge is 0.0509 e. The monoisotopic (exact) mass is 242 g/mol. The lowest BCUT2D eigenvalue weighted by atomic mass is 9.80. The fraction of sp³-hybridized carbons (Fsp3) is 1.00. The van der Waals surface area contributed by atoms with Crippen LogP contribution in [0.5, 0.6) is 0 Å². The second kappa shape index (κ2) is 6.72. The molecular formula is C14H30N2O.